The van der Waals surface area contributed by atoms with Crippen LogP contribution in [0.4, 0.5) is 0 Å². The zero-order chi connectivity index (χ0) is 10.8. The summed E-state index contributed by atoms with van der Waals surface area (Å²) in [5.41, 5.74) is 2.65. The third kappa shape index (κ3) is 2.35. The number of hydrogen-bond acceptors (Lipinski definition) is 1. The Bertz CT molecular complexity index is 462. The van der Waals surface area contributed by atoms with Crippen molar-refractivity contribution < 1.29 is 0 Å². The Balaban J connectivity index is 2.41. The molecule has 1 heterocycles. The summed E-state index contributed by atoms with van der Waals surface area (Å²) in [7, 11) is 0. The van der Waals surface area contributed by atoms with Crippen molar-refractivity contribution in [3.63, 3.8) is 0 Å². The lowest BCUT2D eigenvalue weighted by Crippen LogP contribution is -1.93. The first-order valence-electron chi connectivity index (χ1n) is 4.62. The van der Waals surface area contributed by atoms with Gasteiger partial charge >= 0.3 is 0 Å². The number of benzene rings is 1. The van der Waals surface area contributed by atoms with Gasteiger partial charge < -0.3 is 0 Å². The lowest BCUT2D eigenvalue weighted by atomic mass is 10.1. The van der Waals surface area contributed by atoms with Gasteiger partial charge in [-0.2, -0.15) is 0 Å². The average molecular weight is 346 g/mol. The summed E-state index contributed by atoms with van der Waals surface area (Å²) in [5, 5.41) is 2.10. The highest BCUT2D eigenvalue weighted by atomic mass is 79.9. The number of thiophene rings is 1. The van der Waals surface area contributed by atoms with Crippen LogP contribution < -0.4 is 0 Å². The van der Waals surface area contributed by atoms with Crippen molar-refractivity contribution in [3.05, 3.63) is 56.2 Å². The van der Waals surface area contributed by atoms with Crippen molar-refractivity contribution in [2.45, 2.75) is 11.8 Å². The van der Waals surface area contributed by atoms with E-state index in [4.69, 9.17) is 0 Å². The highest BCUT2D eigenvalue weighted by Crippen LogP contribution is 2.39. The molecule has 0 fully saturated rings. The lowest BCUT2D eigenvalue weighted by molar-refractivity contribution is 1.17. The number of hydrogen-bond donors (Lipinski definition) is 0. The molecule has 0 spiro atoms. The smallest absolute Gasteiger partial charge is 0.0751 e. The second-order valence-electron chi connectivity index (χ2n) is 3.35. The minimum Gasteiger partial charge on any atom is -0.146 e. The molecule has 1 unspecified atom stereocenters. The molecule has 2 aromatic rings. The van der Waals surface area contributed by atoms with E-state index in [2.05, 4.69) is 74.5 Å². The quantitative estimate of drug-likeness (QED) is 0.647. The number of rotatable bonds is 2. The van der Waals surface area contributed by atoms with Crippen molar-refractivity contribution in [2.75, 3.05) is 0 Å². The van der Waals surface area contributed by atoms with Gasteiger partial charge in [0.1, 0.15) is 0 Å². The summed E-state index contributed by atoms with van der Waals surface area (Å²) >= 11 is 9.09. The Hall–Kier alpha value is -0.120. The molecular weight excluding hydrogens is 336 g/mol. The molecule has 0 aliphatic rings. The van der Waals surface area contributed by atoms with Crippen LogP contribution in [0.25, 0.3) is 0 Å². The van der Waals surface area contributed by atoms with E-state index in [1.54, 1.807) is 11.3 Å². The van der Waals surface area contributed by atoms with Gasteiger partial charge in [0.25, 0.3) is 0 Å². The van der Waals surface area contributed by atoms with Gasteiger partial charge in [-0.1, -0.05) is 40.2 Å². The van der Waals surface area contributed by atoms with Gasteiger partial charge in [-0.15, -0.1) is 11.3 Å². The molecule has 0 saturated heterocycles. The maximum Gasteiger partial charge on any atom is 0.0751 e. The standard InChI is InChI=1S/C12H10Br2S/c1-8-4-2-3-5-9(8)11(14)12-10(13)6-7-15-12/h2-7,11H,1H3. The number of aryl methyl sites for hydroxylation is 1. The van der Waals surface area contributed by atoms with Gasteiger partial charge in [0.05, 0.1) is 4.83 Å². The van der Waals surface area contributed by atoms with Crippen molar-refractivity contribution in [3.8, 4) is 0 Å². The van der Waals surface area contributed by atoms with Crippen LogP contribution >= 0.6 is 43.2 Å². The SMILES string of the molecule is Cc1ccccc1C(Br)c1sccc1Br. The summed E-state index contributed by atoms with van der Waals surface area (Å²) in [6.07, 6.45) is 0. The van der Waals surface area contributed by atoms with Gasteiger partial charge in [0, 0.05) is 9.35 Å². The third-order valence-corrected chi connectivity index (χ3v) is 5.53. The van der Waals surface area contributed by atoms with Crippen molar-refractivity contribution >= 4 is 43.2 Å². The zero-order valence-electron chi connectivity index (χ0n) is 8.21. The molecule has 2 rings (SSSR count). The van der Waals surface area contributed by atoms with Gasteiger partial charge in [-0.25, -0.2) is 0 Å². The predicted octanol–water partition coefficient (Wildman–Crippen LogP) is 5.30. The van der Waals surface area contributed by atoms with Crippen LogP contribution in [-0.2, 0) is 0 Å². The second kappa shape index (κ2) is 4.81. The monoisotopic (exact) mass is 344 g/mol. The largest absolute Gasteiger partial charge is 0.146 e. The first kappa shape index (κ1) is 11.4. The highest BCUT2D eigenvalue weighted by molar-refractivity contribution is 9.11. The molecule has 0 N–H and O–H groups in total. The molecule has 0 aliphatic carbocycles. The highest BCUT2D eigenvalue weighted by Gasteiger charge is 2.15. The molecular formula is C12H10Br2S. The maximum atomic E-state index is 3.76. The molecule has 0 aliphatic heterocycles. The van der Waals surface area contributed by atoms with Crippen LogP contribution in [0.3, 0.4) is 0 Å². The van der Waals surface area contributed by atoms with E-state index in [-0.39, 0.29) is 4.83 Å². The maximum absolute atomic E-state index is 3.76. The fraction of sp³-hybridized carbons (Fsp3) is 0.167. The molecule has 1 atom stereocenters. The summed E-state index contributed by atoms with van der Waals surface area (Å²) in [4.78, 5) is 1.61. The van der Waals surface area contributed by atoms with Crippen LogP contribution in [0.5, 0.6) is 0 Å². The molecule has 0 nitrogen and oxygen atoms in total. The van der Waals surface area contributed by atoms with Crippen molar-refractivity contribution in [2.24, 2.45) is 0 Å². The molecule has 0 saturated carbocycles. The Labute approximate surface area is 111 Å². The summed E-state index contributed by atoms with van der Waals surface area (Å²) in [6, 6.07) is 10.6. The first-order chi connectivity index (χ1) is 7.20. The second-order valence-corrected chi connectivity index (χ2v) is 6.07. The minimum atomic E-state index is 0.285. The van der Waals surface area contributed by atoms with Gasteiger partial charge in [-0.05, 0) is 45.4 Å². The topological polar surface area (TPSA) is 0 Å². The van der Waals surface area contributed by atoms with E-state index in [0.29, 0.717) is 0 Å². The summed E-state index contributed by atoms with van der Waals surface area (Å²) in [5.74, 6) is 0. The van der Waals surface area contributed by atoms with Crippen LogP contribution in [0.2, 0.25) is 0 Å². The summed E-state index contributed by atoms with van der Waals surface area (Å²) in [6.45, 7) is 2.14. The molecule has 0 bridgehead atoms. The molecule has 1 aromatic heterocycles. The van der Waals surface area contributed by atoms with Crippen LogP contribution in [0, 0.1) is 6.92 Å². The van der Waals surface area contributed by atoms with Crippen molar-refractivity contribution in [1.82, 2.24) is 0 Å². The molecule has 78 valence electrons. The number of alkyl halides is 1. The van der Waals surface area contributed by atoms with E-state index in [9.17, 15) is 0 Å². The predicted molar refractivity (Wildman–Crippen MR) is 74.0 cm³/mol. The minimum absolute atomic E-state index is 0.285. The molecule has 3 heteroatoms. The van der Waals surface area contributed by atoms with E-state index in [1.807, 2.05) is 0 Å². The zero-order valence-corrected chi connectivity index (χ0v) is 12.2. The van der Waals surface area contributed by atoms with E-state index < -0.39 is 0 Å². The lowest BCUT2D eigenvalue weighted by Gasteiger charge is -2.11. The van der Waals surface area contributed by atoms with Gasteiger partial charge in [0.15, 0.2) is 0 Å². The molecule has 1 aromatic carbocycles. The Morgan fingerprint density at radius 3 is 2.53 bits per heavy atom. The fourth-order valence-corrected chi connectivity index (χ4v) is 4.48. The molecule has 0 amide bonds. The van der Waals surface area contributed by atoms with Gasteiger partial charge in [-0.3, -0.25) is 0 Å². The Kier molecular flexibility index (Phi) is 3.65. The Morgan fingerprint density at radius 1 is 1.20 bits per heavy atom. The van der Waals surface area contributed by atoms with E-state index in [0.717, 1.165) is 0 Å². The molecule has 0 radical (unpaired) electrons. The molecule has 15 heavy (non-hydrogen) atoms. The normalized spacial score (nSPS) is 12.7. The number of halogens is 2. The Morgan fingerprint density at radius 2 is 1.93 bits per heavy atom. The van der Waals surface area contributed by atoms with Crippen molar-refractivity contribution in [1.29, 1.82) is 0 Å². The van der Waals surface area contributed by atoms with E-state index in [1.165, 1.54) is 20.5 Å². The van der Waals surface area contributed by atoms with Crippen LogP contribution in [0.1, 0.15) is 20.8 Å². The third-order valence-electron chi connectivity index (χ3n) is 2.34. The van der Waals surface area contributed by atoms with Gasteiger partial charge in [0.2, 0.25) is 0 Å². The fourth-order valence-electron chi connectivity index (χ4n) is 1.50. The van der Waals surface area contributed by atoms with Crippen LogP contribution in [0.15, 0.2) is 40.2 Å². The van der Waals surface area contributed by atoms with E-state index >= 15 is 0 Å². The first-order valence-corrected chi connectivity index (χ1v) is 7.21. The summed E-state index contributed by atoms with van der Waals surface area (Å²) < 4.78 is 1.18. The van der Waals surface area contributed by atoms with Crippen LogP contribution in [-0.4, -0.2) is 0 Å². The average Bonchev–Trinajstić information content (AvgIpc) is 2.64.